The van der Waals surface area contributed by atoms with Crippen LogP contribution in [0.4, 0.5) is 5.82 Å². The Kier molecular flexibility index (Phi) is 3.61. The topological polar surface area (TPSA) is 96.5 Å². The molecule has 0 radical (unpaired) electrons. The number of nitrogens with one attached hydrogen (secondary N) is 1. The average molecular weight is 234 g/mol. The van der Waals surface area contributed by atoms with Gasteiger partial charge in [-0.15, -0.1) is 0 Å². The van der Waals surface area contributed by atoms with E-state index in [0.29, 0.717) is 0 Å². The highest BCUT2D eigenvalue weighted by atomic mass is 35.5. The number of aromatic amines is 1. The lowest BCUT2D eigenvalue weighted by Gasteiger charge is -1.93. The van der Waals surface area contributed by atoms with E-state index in [2.05, 4.69) is 20.0 Å². The summed E-state index contributed by atoms with van der Waals surface area (Å²) in [6.07, 6.45) is 1.29. The molecule has 0 aromatic carbocycles. The van der Waals surface area contributed by atoms with Gasteiger partial charge in [0.25, 0.3) is 0 Å². The number of nitrogens with zero attached hydrogens (tertiary/aromatic N) is 3. The van der Waals surface area contributed by atoms with Crippen molar-refractivity contribution in [3.63, 3.8) is 0 Å². The maximum absolute atomic E-state index is 10.7. The van der Waals surface area contributed by atoms with Crippen LogP contribution in [0.15, 0.2) is 27.0 Å². The van der Waals surface area contributed by atoms with Crippen LogP contribution in [0.2, 0.25) is 0 Å². The second-order valence-corrected chi connectivity index (χ2v) is 2.99. The normalized spacial score (nSPS) is 11.1. The molecule has 0 aliphatic rings. The van der Waals surface area contributed by atoms with Crippen LogP contribution in [-0.2, 0) is 0 Å². The summed E-state index contributed by atoms with van der Waals surface area (Å²) in [5.41, 5.74) is 4.78. The molecule has 0 unspecified atom stereocenters. The van der Waals surface area contributed by atoms with Gasteiger partial charge in [-0.25, -0.2) is 9.78 Å². The van der Waals surface area contributed by atoms with Gasteiger partial charge >= 0.3 is 5.69 Å². The molecule has 0 saturated heterocycles. The molecule has 0 bridgehead atoms. The first-order chi connectivity index (χ1) is 6.58. The number of hydrogen-bond donors (Lipinski definition) is 2. The fourth-order valence-electron chi connectivity index (χ4n) is 0.659. The molecule has 1 heterocycles. The molecule has 0 aliphatic heterocycles. The molecule has 0 spiro atoms. The summed E-state index contributed by atoms with van der Waals surface area (Å²) in [4.78, 5) is 23.6. The van der Waals surface area contributed by atoms with Gasteiger partial charge in [0.15, 0.2) is 4.63 Å². The van der Waals surface area contributed by atoms with E-state index >= 15 is 0 Å². The highest BCUT2D eigenvalue weighted by Crippen LogP contribution is 2.02. The standard InChI is InChI=1S/C6H5Cl2N5O/c7-4(8)13-5(9)11-3-1-2-10-6(14)12-3/h1-2H,(H3,9,10,11,12,14). The van der Waals surface area contributed by atoms with E-state index in [-0.39, 0.29) is 16.4 Å². The molecule has 0 amide bonds. The minimum atomic E-state index is -0.528. The van der Waals surface area contributed by atoms with Crippen LogP contribution in [0, 0.1) is 0 Å². The number of nitrogens with two attached hydrogens (primary N) is 1. The second kappa shape index (κ2) is 4.73. The quantitative estimate of drug-likeness (QED) is 0.548. The molecule has 0 atom stereocenters. The molecular weight excluding hydrogens is 229 g/mol. The minimum Gasteiger partial charge on any atom is -0.368 e. The largest absolute Gasteiger partial charge is 0.368 e. The van der Waals surface area contributed by atoms with Crippen molar-refractivity contribution in [2.45, 2.75) is 0 Å². The Morgan fingerprint density at radius 1 is 1.57 bits per heavy atom. The molecule has 8 heteroatoms. The minimum absolute atomic E-state index is 0.160. The lowest BCUT2D eigenvalue weighted by molar-refractivity contribution is 1.06. The van der Waals surface area contributed by atoms with Gasteiger partial charge in [0.2, 0.25) is 5.96 Å². The highest BCUT2D eigenvalue weighted by Gasteiger charge is 1.94. The summed E-state index contributed by atoms with van der Waals surface area (Å²) < 4.78 is -0.261. The summed E-state index contributed by atoms with van der Waals surface area (Å²) in [7, 11) is 0. The van der Waals surface area contributed by atoms with Crippen molar-refractivity contribution >= 4 is 39.6 Å². The third-order valence-electron chi connectivity index (χ3n) is 1.09. The van der Waals surface area contributed by atoms with Crippen LogP contribution in [-0.4, -0.2) is 20.6 Å². The highest BCUT2D eigenvalue weighted by molar-refractivity contribution is 6.95. The molecule has 1 rings (SSSR count). The van der Waals surface area contributed by atoms with E-state index in [1.165, 1.54) is 12.3 Å². The van der Waals surface area contributed by atoms with Crippen LogP contribution in [0.5, 0.6) is 0 Å². The fraction of sp³-hybridized carbons (Fsp3) is 0. The summed E-state index contributed by atoms with van der Waals surface area (Å²) in [5.74, 6) is 0.0627. The summed E-state index contributed by atoms with van der Waals surface area (Å²) >= 11 is 10.5. The van der Waals surface area contributed by atoms with Gasteiger partial charge in [-0.1, -0.05) is 0 Å². The van der Waals surface area contributed by atoms with Crippen molar-refractivity contribution in [3.05, 3.63) is 22.7 Å². The van der Waals surface area contributed by atoms with Crippen molar-refractivity contribution < 1.29 is 0 Å². The third-order valence-corrected chi connectivity index (χ3v) is 1.26. The summed E-state index contributed by atoms with van der Waals surface area (Å²) in [6, 6.07) is 1.45. The SMILES string of the molecule is N/C(N=C(Cl)Cl)=N\c1ccnc(=O)[nH]1. The van der Waals surface area contributed by atoms with E-state index < -0.39 is 5.69 Å². The van der Waals surface area contributed by atoms with Crippen LogP contribution < -0.4 is 11.4 Å². The number of guanidine groups is 1. The Balaban J connectivity index is 2.98. The van der Waals surface area contributed by atoms with Gasteiger partial charge < -0.3 is 5.73 Å². The number of aliphatic imine (C=N–C) groups is 2. The molecule has 74 valence electrons. The van der Waals surface area contributed by atoms with Crippen LogP contribution in [0.1, 0.15) is 0 Å². The van der Waals surface area contributed by atoms with Gasteiger partial charge in [0.1, 0.15) is 5.82 Å². The summed E-state index contributed by atoms with van der Waals surface area (Å²) in [6.45, 7) is 0. The van der Waals surface area contributed by atoms with E-state index in [0.717, 1.165) is 0 Å². The van der Waals surface area contributed by atoms with Gasteiger partial charge in [0.05, 0.1) is 0 Å². The monoisotopic (exact) mass is 233 g/mol. The first-order valence-electron chi connectivity index (χ1n) is 3.37. The summed E-state index contributed by atoms with van der Waals surface area (Å²) in [5, 5.41) is 0. The van der Waals surface area contributed by atoms with Crippen molar-refractivity contribution in [2.75, 3.05) is 0 Å². The van der Waals surface area contributed by atoms with Crippen LogP contribution in [0.25, 0.3) is 0 Å². The molecule has 3 N–H and O–H groups in total. The predicted molar refractivity (Wildman–Crippen MR) is 55.3 cm³/mol. The molecule has 1 aromatic rings. The first-order valence-corrected chi connectivity index (χ1v) is 4.12. The smallest absolute Gasteiger partial charge is 0.346 e. The average Bonchev–Trinajstić information content (AvgIpc) is 2.01. The number of halogens is 2. The number of hydrogen-bond acceptors (Lipinski definition) is 3. The molecule has 1 aromatic heterocycles. The second-order valence-electron chi connectivity index (χ2n) is 2.08. The molecule has 14 heavy (non-hydrogen) atoms. The molecular formula is C6H5Cl2N5O. The Bertz CT molecular complexity index is 434. The number of aromatic nitrogens is 2. The zero-order valence-electron chi connectivity index (χ0n) is 6.74. The first kappa shape index (κ1) is 10.7. The van der Waals surface area contributed by atoms with E-state index in [1.807, 2.05) is 0 Å². The zero-order valence-corrected chi connectivity index (χ0v) is 8.25. The Hall–Kier alpha value is -1.40. The van der Waals surface area contributed by atoms with Gasteiger partial charge in [0, 0.05) is 6.20 Å². The maximum atomic E-state index is 10.7. The number of H-pyrrole nitrogens is 1. The zero-order chi connectivity index (χ0) is 10.6. The maximum Gasteiger partial charge on any atom is 0.346 e. The molecule has 0 saturated carbocycles. The molecule has 0 fully saturated rings. The lowest BCUT2D eigenvalue weighted by Crippen LogP contribution is -2.11. The van der Waals surface area contributed by atoms with Crippen molar-refractivity contribution in [1.82, 2.24) is 9.97 Å². The number of rotatable bonds is 1. The van der Waals surface area contributed by atoms with Gasteiger partial charge in [-0.2, -0.15) is 9.98 Å². The van der Waals surface area contributed by atoms with Gasteiger partial charge in [-0.05, 0) is 29.3 Å². The van der Waals surface area contributed by atoms with E-state index in [9.17, 15) is 4.79 Å². The van der Waals surface area contributed by atoms with Gasteiger partial charge in [-0.3, -0.25) is 4.98 Å². The predicted octanol–water partition coefficient (Wildman–Crippen LogP) is 0.550. The fourth-order valence-corrected chi connectivity index (χ4v) is 0.832. The third kappa shape index (κ3) is 3.55. The van der Waals surface area contributed by atoms with Crippen molar-refractivity contribution in [3.8, 4) is 0 Å². The van der Waals surface area contributed by atoms with Crippen LogP contribution >= 0.6 is 23.2 Å². The Morgan fingerprint density at radius 3 is 2.86 bits per heavy atom. The van der Waals surface area contributed by atoms with Crippen LogP contribution in [0.3, 0.4) is 0 Å². The van der Waals surface area contributed by atoms with Crippen molar-refractivity contribution in [2.24, 2.45) is 15.7 Å². The van der Waals surface area contributed by atoms with E-state index in [4.69, 9.17) is 28.9 Å². The van der Waals surface area contributed by atoms with E-state index in [1.54, 1.807) is 0 Å². The Labute approximate surface area is 88.5 Å². The Morgan fingerprint density at radius 2 is 2.29 bits per heavy atom. The lowest BCUT2D eigenvalue weighted by atomic mass is 10.6. The van der Waals surface area contributed by atoms with Crippen molar-refractivity contribution in [1.29, 1.82) is 0 Å². The molecule has 0 aliphatic carbocycles. The molecule has 6 nitrogen and oxygen atoms in total.